The maximum atomic E-state index is 3.99. The van der Waals surface area contributed by atoms with Crippen molar-refractivity contribution >= 4 is 44.9 Å². The highest BCUT2D eigenvalue weighted by molar-refractivity contribution is 9.10. The fourth-order valence-electron chi connectivity index (χ4n) is 2.02. The maximum absolute atomic E-state index is 3.99. The maximum Gasteiger partial charge on any atom is 0.0849 e. The average Bonchev–Trinajstić information content (AvgIpc) is 2.63. The molecule has 3 rings (SSSR count). The lowest BCUT2D eigenvalue weighted by Gasteiger charge is -2.11. The molecule has 2 aromatic carbocycles. The lowest BCUT2D eigenvalue weighted by atomic mass is 10.3. The third-order valence-electron chi connectivity index (χ3n) is 3.27. The number of anilines is 3. The second-order valence-electron chi connectivity index (χ2n) is 4.98. The van der Waals surface area contributed by atoms with Crippen molar-refractivity contribution in [3.63, 3.8) is 0 Å². The second-order valence-corrected chi connectivity index (χ2v) is 6.68. The summed E-state index contributed by atoms with van der Waals surface area (Å²) in [5.74, 6) is 0. The normalized spacial score (nSPS) is 10.2. The molecule has 0 radical (unpaired) electrons. The van der Waals surface area contributed by atoms with Gasteiger partial charge in [-0.25, -0.2) is 0 Å². The van der Waals surface area contributed by atoms with Gasteiger partial charge in [0.25, 0.3) is 0 Å². The molecular formula is C18H17BrN4S. The highest BCUT2D eigenvalue weighted by Gasteiger charge is 2.00. The number of nitrogens with zero attached hydrogens (tertiary/aromatic N) is 1. The van der Waals surface area contributed by atoms with Gasteiger partial charge in [-0.05, 0) is 76.4 Å². The Balaban J connectivity index is 1.47. The van der Waals surface area contributed by atoms with E-state index in [0.717, 1.165) is 26.4 Å². The van der Waals surface area contributed by atoms with Gasteiger partial charge in [0, 0.05) is 38.8 Å². The van der Waals surface area contributed by atoms with E-state index < -0.39 is 0 Å². The molecule has 0 bridgehead atoms. The number of benzene rings is 2. The molecule has 0 aliphatic rings. The van der Waals surface area contributed by atoms with Gasteiger partial charge in [0.15, 0.2) is 0 Å². The van der Waals surface area contributed by atoms with Gasteiger partial charge >= 0.3 is 0 Å². The van der Waals surface area contributed by atoms with E-state index in [0.29, 0.717) is 6.67 Å². The number of nitrogens with one attached hydrogen (secondary N) is 3. The molecule has 6 heteroatoms. The van der Waals surface area contributed by atoms with Crippen molar-refractivity contribution in [3.05, 3.63) is 77.5 Å². The first-order valence-electron chi connectivity index (χ1n) is 7.46. The molecule has 0 aliphatic heterocycles. The highest BCUT2D eigenvalue weighted by Crippen LogP contribution is 2.28. The Kier molecular flexibility index (Phi) is 5.98. The first-order chi connectivity index (χ1) is 11.8. The summed E-state index contributed by atoms with van der Waals surface area (Å²) >= 11 is 5.13. The Labute approximate surface area is 154 Å². The number of hydrogen-bond acceptors (Lipinski definition) is 5. The molecule has 122 valence electrons. The van der Waals surface area contributed by atoms with Gasteiger partial charge in [-0.2, -0.15) is 0 Å². The Morgan fingerprint density at radius 3 is 2.12 bits per heavy atom. The summed E-state index contributed by atoms with van der Waals surface area (Å²) in [7, 11) is 0. The molecule has 1 heterocycles. The van der Waals surface area contributed by atoms with Crippen LogP contribution in [0.4, 0.5) is 17.1 Å². The van der Waals surface area contributed by atoms with Crippen LogP contribution in [0.5, 0.6) is 0 Å². The monoisotopic (exact) mass is 400 g/mol. The van der Waals surface area contributed by atoms with Crippen molar-refractivity contribution in [1.29, 1.82) is 0 Å². The van der Waals surface area contributed by atoms with Gasteiger partial charge < -0.3 is 15.4 Å². The van der Waals surface area contributed by atoms with Crippen molar-refractivity contribution in [1.82, 2.24) is 4.98 Å². The van der Waals surface area contributed by atoms with Crippen LogP contribution in [-0.4, -0.2) is 11.7 Å². The smallest absolute Gasteiger partial charge is 0.0849 e. The van der Waals surface area contributed by atoms with E-state index in [-0.39, 0.29) is 0 Å². The summed E-state index contributed by atoms with van der Waals surface area (Å²) in [6.07, 6.45) is 3.54. The van der Waals surface area contributed by atoms with E-state index in [9.17, 15) is 0 Å². The van der Waals surface area contributed by atoms with E-state index >= 15 is 0 Å². The predicted octanol–water partition coefficient (Wildman–Crippen LogP) is 5.44. The third-order valence-corrected chi connectivity index (χ3v) is 5.13. The van der Waals surface area contributed by atoms with Crippen LogP contribution in [0, 0.1) is 0 Å². The molecule has 3 aromatic rings. The van der Waals surface area contributed by atoms with Gasteiger partial charge in [0.05, 0.1) is 6.67 Å². The fourth-order valence-corrected chi connectivity index (χ4v) is 3.22. The number of aromatic nitrogens is 1. The van der Waals surface area contributed by atoms with Gasteiger partial charge in [-0.1, -0.05) is 12.1 Å². The SMILES string of the molecule is Brc1ccccc1SNc1ccc(NCNc2ccncc2)cc1. The van der Waals surface area contributed by atoms with Crippen LogP contribution in [-0.2, 0) is 0 Å². The summed E-state index contributed by atoms with van der Waals surface area (Å²) in [5, 5.41) is 6.61. The topological polar surface area (TPSA) is 49.0 Å². The molecule has 0 fully saturated rings. The molecule has 0 amide bonds. The molecule has 0 saturated carbocycles. The minimum Gasteiger partial charge on any atom is -0.368 e. The Morgan fingerprint density at radius 1 is 0.792 bits per heavy atom. The van der Waals surface area contributed by atoms with Gasteiger partial charge in [0.2, 0.25) is 0 Å². The van der Waals surface area contributed by atoms with Crippen molar-refractivity contribution in [2.24, 2.45) is 0 Å². The van der Waals surface area contributed by atoms with Crippen LogP contribution >= 0.6 is 27.9 Å². The lowest BCUT2D eigenvalue weighted by Crippen LogP contribution is -2.11. The number of hydrogen-bond donors (Lipinski definition) is 3. The number of rotatable bonds is 7. The molecule has 0 unspecified atom stereocenters. The van der Waals surface area contributed by atoms with Crippen molar-refractivity contribution < 1.29 is 0 Å². The molecule has 24 heavy (non-hydrogen) atoms. The van der Waals surface area contributed by atoms with E-state index in [2.05, 4.69) is 66.6 Å². The Bertz CT molecular complexity index is 765. The first kappa shape index (κ1) is 16.7. The summed E-state index contributed by atoms with van der Waals surface area (Å²) < 4.78 is 4.43. The third kappa shape index (κ3) is 4.91. The average molecular weight is 401 g/mol. The number of pyridine rings is 1. The second kappa shape index (κ2) is 8.61. The van der Waals surface area contributed by atoms with Crippen LogP contribution in [0.3, 0.4) is 0 Å². The number of halogens is 1. The Hall–Kier alpha value is -2.18. The minimum absolute atomic E-state index is 0.655. The zero-order chi connectivity index (χ0) is 16.6. The van der Waals surface area contributed by atoms with Gasteiger partial charge in [-0.15, -0.1) is 0 Å². The van der Waals surface area contributed by atoms with Crippen LogP contribution in [0.2, 0.25) is 0 Å². The first-order valence-corrected chi connectivity index (χ1v) is 9.07. The molecule has 1 aromatic heterocycles. The molecule has 0 aliphatic carbocycles. The Morgan fingerprint density at radius 2 is 1.42 bits per heavy atom. The summed E-state index contributed by atoms with van der Waals surface area (Å²) in [4.78, 5) is 5.15. The quantitative estimate of drug-likeness (QED) is 0.363. The molecule has 3 N–H and O–H groups in total. The van der Waals surface area contributed by atoms with Crippen LogP contribution in [0.15, 0.2) is 82.4 Å². The van der Waals surface area contributed by atoms with Crippen LogP contribution < -0.4 is 15.4 Å². The lowest BCUT2D eigenvalue weighted by molar-refractivity contribution is 1.20. The predicted molar refractivity (Wildman–Crippen MR) is 106 cm³/mol. The van der Waals surface area contributed by atoms with Crippen molar-refractivity contribution in [2.75, 3.05) is 22.0 Å². The largest absolute Gasteiger partial charge is 0.368 e. The standard InChI is InChI=1S/C18H17BrN4S/c19-17-3-1-2-4-18(17)24-23-16-7-5-14(6-8-16)21-13-22-15-9-11-20-12-10-15/h1-12,21,23H,13H2,(H,20,22). The molecule has 0 saturated heterocycles. The zero-order valence-electron chi connectivity index (χ0n) is 12.9. The summed E-state index contributed by atoms with van der Waals surface area (Å²) in [6, 6.07) is 20.2. The minimum atomic E-state index is 0.655. The molecule has 0 atom stereocenters. The van der Waals surface area contributed by atoms with Gasteiger partial charge in [-0.3, -0.25) is 4.98 Å². The van der Waals surface area contributed by atoms with E-state index in [1.54, 1.807) is 24.3 Å². The van der Waals surface area contributed by atoms with E-state index in [1.165, 1.54) is 0 Å². The van der Waals surface area contributed by atoms with Crippen molar-refractivity contribution in [2.45, 2.75) is 4.90 Å². The van der Waals surface area contributed by atoms with Crippen LogP contribution in [0.25, 0.3) is 0 Å². The summed E-state index contributed by atoms with van der Waals surface area (Å²) in [5.41, 5.74) is 3.16. The van der Waals surface area contributed by atoms with E-state index in [1.807, 2.05) is 30.3 Å². The molecule has 0 spiro atoms. The summed E-state index contributed by atoms with van der Waals surface area (Å²) in [6.45, 7) is 0.655. The van der Waals surface area contributed by atoms with E-state index in [4.69, 9.17) is 0 Å². The molecular weight excluding hydrogens is 384 g/mol. The van der Waals surface area contributed by atoms with Crippen LogP contribution in [0.1, 0.15) is 0 Å². The van der Waals surface area contributed by atoms with Gasteiger partial charge in [0.1, 0.15) is 0 Å². The zero-order valence-corrected chi connectivity index (χ0v) is 15.3. The van der Waals surface area contributed by atoms with Crippen molar-refractivity contribution in [3.8, 4) is 0 Å². The molecule has 4 nitrogen and oxygen atoms in total. The highest BCUT2D eigenvalue weighted by atomic mass is 79.9. The fraction of sp³-hybridized carbons (Fsp3) is 0.0556.